The number of fused-ring (bicyclic) bond motifs is 1. The minimum Gasteiger partial charge on any atom is -0.495 e. The normalized spacial score (nSPS) is 11.2. The smallest absolute Gasteiger partial charge is 0.433 e. The van der Waals surface area contributed by atoms with Gasteiger partial charge in [0.15, 0.2) is 5.16 Å². The molecule has 8 nitrogen and oxygen atoms in total. The zero-order chi connectivity index (χ0) is 21.1. The first-order valence-electron chi connectivity index (χ1n) is 8.81. The van der Waals surface area contributed by atoms with Gasteiger partial charge in [-0.15, -0.1) is 0 Å². The van der Waals surface area contributed by atoms with Crippen molar-refractivity contribution in [3.63, 3.8) is 0 Å². The first-order valence-corrected chi connectivity index (χ1v) is 9.69. The molecule has 0 amide bonds. The summed E-state index contributed by atoms with van der Waals surface area (Å²) in [5.41, 5.74) is 0.903. The predicted octanol–water partition coefficient (Wildman–Crippen LogP) is 4.66. The second-order valence-electron chi connectivity index (χ2n) is 6.08. The van der Waals surface area contributed by atoms with Crippen LogP contribution in [0.1, 0.15) is 5.76 Å². The summed E-state index contributed by atoms with van der Waals surface area (Å²) in [5.74, 6) is 0.514. The molecule has 2 heterocycles. The van der Waals surface area contributed by atoms with Gasteiger partial charge in [-0.2, -0.15) is 0 Å². The van der Waals surface area contributed by atoms with E-state index < -0.39 is 4.92 Å². The van der Waals surface area contributed by atoms with Gasteiger partial charge in [0.05, 0.1) is 29.8 Å². The third-order valence-electron chi connectivity index (χ3n) is 4.27. The van der Waals surface area contributed by atoms with Gasteiger partial charge in [-0.3, -0.25) is 19.5 Å². The van der Waals surface area contributed by atoms with Crippen molar-refractivity contribution in [3.8, 4) is 11.4 Å². The second kappa shape index (κ2) is 8.26. The van der Waals surface area contributed by atoms with Gasteiger partial charge in [0.1, 0.15) is 16.4 Å². The number of thioether (sulfide) groups is 1. The van der Waals surface area contributed by atoms with Crippen molar-refractivity contribution in [1.29, 1.82) is 0 Å². The maximum absolute atomic E-state index is 13.3. The van der Waals surface area contributed by atoms with Crippen LogP contribution in [0, 0.1) is 10.1 Å². The Morgan fingerprint density at radius 3 is 2.67 bits per heavy atom. The molecule has 0 fully saturated rings. The molecule has 0 spiro atoms. The standard InChI is InChI=1S/C21H15N3O5S/c1-28-18-9-5-4-8-17(18)23-20(25)15-6-2-3-7-16(15)22-21(23)30-13-12-14-10-11-19(29-14)24(26)27/h2-13H,1H3/b13-12+. The van der Waals surface area contributed by atoms with Crippen LogP contribution < -0.4 is 10.3 Å². The van der Waals surface area contributed by atoms with E-state index in [2.05, 4.69) is 4.98 Å². The number of rotatable bonds is 6. The highest BCUT2D eigenvalue weighted by atomic mass is 32.2. The summed E-state index contributed by atoms with van der Waals surface area (Å²) in [5, 5.41) is 13.3. The third kappa shape index (κ3) is 3.70. The van der Waals surface area contributed by atoms with E-state index in [1.54, 1.807) is 41.8 Å². The molecule has 150 valence electrons. The van der Waals surface area contributed by atoms with Crippen LogP contribution >= 0.6 is 11.8 Å². The van der Waals surface area contributed by atoms with Crippen molar-refractivity contribution >= 4 is 34.6 Å². The van der Waals surface area contributed by atoms with Crippen molar-refractivity contribution in [2.45, 2.75) is 5.16 Å². The van der Waals surface area contributed by atoms with Crippen molar-refractivity contribution in [1.82, 2.24) is 9.55 Å². The SMILES string of the molecule is COc1ccccc1-n1c(S/C=C/c2ccc([N+](=O)[O-])o2)nc2ccccc2c1=O. The lowest BCUT2D eigenvalue weighted by molar-refractivity contribution is -0.402. The maximum atomic E-state index is 13.3. The zero-order valence-corrected chi connectivity index (χ0v) is 16.5. The predicted molar refractivity (Wildman–Crippen MR) is 114 cm³/mol. The molecule has 0 aliphatic rings. The average molecular weight is 421 g/mol. The van der Waals surface area contributed by atoms with E-state index in [9.17, 15) is 14.9 Å². The van der Waals surface area contributed by atoms with Crippen LogP contribution in [0.5, 0.6) is 5.75 Å². The molecular weight excluding hydrogens is 406 g/mol. The molecule has 30 heavy (non-hydrogen) atoms. The van der Waals surface area contributed by atoms with Crippen LogP contribution in [-0.4, -0.2) is 21.6 Å². The quantitative estimate of drug-likeness (QED) is 0.193. The Balaban J connectivity index is 1.80. The highest BCUT2D eigenvalue weighted by Crippen LogP contribution is 2.28. The summed E-state index contributed by atoms with van der Waals surface area (Å²) >= 11 is 1.19. The van der Waals surface area contributed by atoms with E-state index in [-0.39, 0.29) is 11.4 Å². The van der Waals surface area contributed by atoms with Gasteiger partial charge >= 0.3 is 5.88 Å². The van der Waals surface area contributed by atoms with Gasteiger partial charge < -0.3 is 9.15 Å². The van der Waals surface area contributed by atoms with E-state index in [1.165, 1.54) is 35.6 Å². The number of nitro groups is 1. The number of benzene rings is 2. The third-order valence-corrected chi connectivity index (χ3v) is 5.03. The molecule has 4 aromatic rings. The van der Waals surface area contributed by atoms with E-state index in [4.69, 9.17) is 9.15 Å². The monoisotopic (exact) mass is 421 g/mol. The van der Waals surface area contributed by atoms with E-state index in [1.807, 2.05) is 18.2 Å². The van der Waals surface area contributed by atoms with Gasteiger partial charge in [-0.05, 0) is 41.8 Å². The molecule has 0 bridgehead atoms. The Hall–Kier alpha value is -3.85. The summed E-state index contributed by atoms with van der Waals surface area (Å²) < 4.78 is 12.0. The van der Waals surface area contributed by atoms with Crippen molar-refractivity contribution in [2.24, 2.45) is 0 Å². The summed E-state index contributed by atoms with van der Waals surface area (Å²) in [6, 6.07) is 17.0. The van der Waals surface area contributed by atoms with Crippen LogP contribution in [0.4, 0.5) is 5.88 Å². The number of furan rings is 1. The lowest BCUT2D eigenvalue weighted by Gasteiger charge is -2.14. The molecule has 0 N–H and O–H groups in total. The van der Waals surface area contributed by atoms with Gasteiger partial charge in [0.25, 0.3) is 5.56 Å². The number of nitrogens with zero attached hydrogens (tertiary/aromatic N) is 3. The van der Waals surface area contributed by atoms with E-state index in [0.717, 1.165) is 0 Å². The molecule has 0 unspecified atom stereocenters. The van der Waals surface area contributed by atoms with Crippen LogP contribution in [0.2, 0.25) is 0 Å². The van der Waals surface area contributed by atoms with E-state index >= 15 is 0 Å². The highest BCUT2D eigenvalue weighted by Gasteiger charge is 2.16. The fourth-order valence-electron chi connectivity index (χ4n) is 2.91. The second-order valence-corrected chi connectivity index (χ2v) is 6.95. The van der Waals surface area contributed by atoms with Gasteiger partial charge in [-0.1, -0.05) is 36.0 Å². The molecule has 0 atom stereocenters. The molecule has 2 aromatic carbocycles. The maximum Gasteiger partial charge on any atom is 0.433 e. The fourth-order valence-corrected chi connectivity index (χ4v) is 3.67. The van der Waals surface area contributed by atoms with Gasteiger partial charge in [0.2, 0.25) is 0 Å². The molecule has 0 saturated carbocycles. The first-order chi connectivity index (χ1) is 14.6. The minimum absolute atomic E-state index is 0.227. The molecule has 9 heteroatoms. The van der Waals surface area contributed by atoms with Crippen molar-refractivity contribution in [2.75, 3.05) is 7.11 Å². The van der Waals surface area contributed by atoms with Gasteiger partial charge in [0, 0.05) is 0 Å². The Morgan fingerprint density at radius 2 is 1.90 bits per heavy atom. The summed E-state index contributed by atoms with van der Waals surface area (Å²) in [7, 11) is 1.54. The number of aromatic nitrogens is 2. The van der Waals surface area contributed by atoms with Gasteiger partial charge in [-0.25, -0.2) is 4.98 Å². The average Bonchev–Trinajstić information content (AvgIpc) is 3.23. The van der Waals surface area contributed by atoms with Crippen LogP contribution in [0.3, 0.4) is 0 Å². The molecule has 4 rings (SSSR count). The Kier molecular flexibility index (Phi) is 5.36. The summed E-state index contributed by atoms with van der Waals surface area (Å²) in [6.45, 7) is 0. The molecule has 0 radical (unpaired) electrons. The first kappa shape index (κ1) is 19.5. The minimum atomic E-state index is -0.602. The van der Waals surface area contributed by atoms with E-state index in [0.29, 0.717) is 33.3 Å². The Labute approximate surface area is 174 Å². The van der Waals surface area contributed by atoms with Crippen molar-refractivity contribution in [3.05, 3.63) is 92.3 Å². The lowest BCUT2D eigenvalue weighted by Crippen LogP contribution is -2.22. The Morgan fingerprint density at radius 1 is 1.13 bits per heavy atom. The zero-order valence-electron chi connectivity index (χ0n) is 15.7. The van der Waals surface area contributed by atoms with Crippen LogP contribution in [0.25, 0.3) is 22.7 Å². The number of ether oxygens (including phenoxy) is 1. The molecule has 0 aliphatic heterocycles. The largest absolute Gasteiger partial charge is 0.495 e. The van der Waals surface area contributed by atoms with Crippen molar-refractivity contribution < 1.29 is 14.1 Å². The topological polar surface area (TPSA) is 100 Å². The molecular formula is C21H15N3O5S. The van der Waals surface area contributed by atoms with Crippen LogP contribution in [0.15, 0.2) is 80.4 Å². The molecule has 0 saturated heterocycles. The highest BCUT2D eigenvalue weighted by molar-refractivity contribution is 8.02. The molecule has 2 aromatic heterocycles. The number of methoxy groups -OCH3 is 1. The fraction of sp³-hybridized carbons (Fsp3) is 0.0476. The number of hydrogen-bond donors (Lipinski definition) is 0. The lowest BCUT2D eigenvalue weighted by atomic mass is 10.2. The number of hydrogen-bond acceptors (Lipinski definition) is 7. The summed E-state index contributed by atoms with van der Waals surface area (Å²) in [6.07, 6.45) is 1.57. The van der Waals surface area contributed by atoms with Crippen LogP contribution in [-0.2, 0) is 0 Å². The summed E-state index contributed by atoms with van der Waals surface area (Å²) in [4.78, 5) is 28.1. The number of para-hydroxylation sites is 3. The Bertz CT molecular complexity index is 1330. The molecule has 0 aliphatic carbocycles.